The number of hydrogen-bond donors (Lipinski definition) is 3. The molecule has 2 heterocycles. The molecule has 2 aromatic heterocycles. The van der Waals surface area contributed by atoms with Gasteiger partial charge in [0.05, 0.1) is 11.4 Å². The highest BCUT2D eigenvalue weighted by Gasteiger charge is 2.13. The molecule has 0 unspecified atom stereocenters. The summed E-state index contributed by atoms with van der Waals surface area (Å²) in [6, 6.07) is 3.38. The second kappa shape index (κ2) is 6.36. The fourth-order valence-electron chi connectivity index (χ4n) is 2.07. The second-order valence-corrected chi connectivity index (χ2v) is 4.70. The van der Waals surface area contributed by atoms with Crippen molar-refractivity contribution < 1.29 is 4.79 Å². The van der Waals surface area contributed by atoms with Crippen molar-refractivity contribution in [2.24, 2.45) is 12.9 Å². The SMILES string of the molecule is CCc1cc(C(=O)Nc2cn(C)nc2CC)cc(NN)n1. The molecule has 2 aromatic rings. The molecule has 0 radical (unpaired) electrons. The summed E-state index contributed by atoms with van der Waals surface area (Å²) in [5, 5.41) is 7.18. The van der Waals surface area contributed by atoms with Crippen LogP contribution >= 0.6 is 0 Å². The number of rotatable bonds is 5. The number of nitrogens with two attached hydrogens (primary N) is 1. The number of aromatic nitrogens is 3. The Kier molecular flexibility index (Phi) is 4.54. The lowest BCUT2D eigenvalue weighted by Gasteiger charge is -2.08. The van der Waals surface area contributed by atoms with Gasteiger partial charge < -0.3 is 10.7 Å². The molecule has 2 rings (SSSR count). The van der Waals surface area contributed by atoms with Crippen molar-refractivity contribution in [1.82, 2.24) is 14.8 Å². The minimum absolute atomic E-state index is 0.202. The molecular weight excluding hydrogens is 268 g/mol. The van der Waals surface area contributed by atoms with Gasteiger partial charge in [-0.15, -0.1) is 0 Å². The first-order valence-corrected chi connectivity index (χ1v) is 6.88. The van der Waals surface area contributed by atoms with Gasteiger partial charge in [-0.3, -0.25) is 9.48 Å². The van der Waals surface area contributed by atoms with Crippen LogP contribution < -0.4 is 16.6 Å². The number of nitrogens with one attached hydrogen (secondary N) is 2. The van der Waals surface area contributed by atoms with E-state index in [0.29, 0.717) is 11.4 Å². The first-order valence-electron chi connectivity index (χ1n) is 6.88. The molecule has 7 heteroatoms. The van der Waals surface area contributed by atoms with Crippen LogP contribution in [0.1, 0.15) is 35.6 Å². The van der Waals surface area contributed by atoms with E-state index in [0.717, 1.165) is 29.9 Å². The molecule has 0 aliphatic heterocycles. The van der Waals surface area contributed by atoms with Gasteiger partial charge in [-0.25, -0.2) is 10.8 Å². The van der Waals surface area contributed by atoms with E-state index in [-0.39, 0.29) is 5.91 Å². The van der Waals surface area contributed by atoms with E-state index in [9.17, 15) is 4.79 Å². The van der Waals surface area contributed by atoms with Gasteiger partial charge in [-0.2, -0.15) is 5.10 Å². The van der Waals surface area contributed by atoms with Gasteiger partial charge in [0.15, 0.2) is 0 Å². The predicted molar refractivity (Wildman–Crippen MR) is 82.0 cm³/mol. The van der Waals surface area contributed by atoms with Crippen molar-refractivity contribution in [3.8, 4) is 0 Å². The van der Waals surface area contributed by atoms with Crippen LogP contribution in [0.15, 0.2) is 18.3 Å². The van der Waals surface area contributed by atoms with Crippen LogP contribution in [-0.2, 0) is 19.9 Å². The molecular formula is C14H20N6O. The van der Waals surface area contributed by atoms with Crippen LogP contribution in [0.3, 0.4) is 0 Å². The zero-order chi connectivity index (χ0) is 15.4. The topological polar surface area (TPSA) is 97.9 Å². The van der Waals surface area contributed by atoms with E-state index in [1.165, 1.54) is 0 Å². The smallest absolute Gasteiger partial charge is 0.255 e. The number of carbonyl (C=O) groups is 1. The Morgan fingerprint density at radius 3 is 2.71 bits per heavy atom. The van der Waals surface area contributed by atoms with E-state index in [1.807, 2.05) is 20.9 Å². The van der Waals surface area contributed by atoms with Crippen LogP contribution in [-0.4, -0.2) is 20.7 Å². The van der Waals surface area contributed by atoms with E-state index < -0.39 is 0 Å². The van der Waals surface area contributed by atoms with Crippen molar-refractivity contribution in [3.05, 3.63) is 35.3 Å². The van der Waals surface area contributed by atoms with Crippen LogP contribution in [0.25, 0.3) is 0 Å². The maximum atomic E-state index is 12.4. The van der Waals surface area contributed by atoms with Gasteiger partial charge in [0, 0.05) is 24.5 Å². The van der Waals surface area contributed by atoms with Crippen LogP contribution in [0.2, 0.25) is 0 Å². The Morgan fingerprint density at radius 1 is 1.33 bits per heavy atom. The molecule has 1 amide bonds. The summed E-state index contributed by atoms with van der Waals surface area (Å²) >= 11 is 0. The Hall–Kier alpha value is -2.41. The van der Waals surface area contributed by atoms with E-state index in [2.05, 4.69) is 20.8 Å². The molecule has 0 atom stereocenters. The minimum Gasteiger partial charge on any atom is -0.319 e. The zero-order valence-corrected chi connectivity index (χ0v) is 12.5. The highest BCUT2D eigenvalue weighted by molar-refractivity contribution is 6.05. The zero-order valence-electron chi connectivity index (χ0n) is 12.5. The van der Waals surface area contributed by atoms with E-state index >= 15 is 0 Å². The molecule has 0 fully saturated rings. The van der Waals surface area contributed by atoms with Gasteiger partial charge in [-0.1, -0.05) is 13.8 Å². The summed E-state index contributed by atoms with van der Waals surface area (Å²) in [4.78, 5) is 16.6. The summed E-state index contributed by atoms with van der Waals surface area (Å²) in [6.45, 7) is 3.97. The largest absolute Gasteiger partial charge is 0.319 e. The molecule has 7 nitrogen and oxygen atoms in total. The van der Waals surface area contributed by atoms with Crippen LogP contribution in [0.4, 0.5) is 11.5 Å². The van der Waals surface area contributed by atoms with Crippen LogP contribution in [0, 0.1) is 0 Å². The molecule has 112 valence electrons. The lowest BCUT2D eigenvalue weighted by atomic mass is 10.1. The Morgan fingerprint density at radius 2 is 2.10 bits per heavy atom. The summed E-state index contributed by atoms with van der Waals surface area (Å²) in [5.74, 6) is 5.66. The molecule has 0 bridgehead atoms. The molecule has 0 spiro atoms. The normalized spacial score (nSPS) is 10.5. The number of anilines is 2. The van der Waals surface area contributed by atoms with Crippen molar-refractivity contribution in [1.29, 1.82) is 0 Å². The summed E-state index contributed by atoms with van der Waals surface area (Å²) in [6.07, 6.45) is 3.27. The fraction of sp³-hybridized carbons (Fsp3) is 0.357. The van der Waals surface area contributed by atoms with Gasteiger partial charge in [-0.05, 0) is 25.0 Å². The number of amides is 1. The number of carbonyl (C=O) groups excluding carboxylic acids is 1. The van der Waals surface area contributed by atoms with Gasteiger partial charge in [0.2, 0.25) is 0 Å². The average molecular weight is 288 g/mol. The Bertz CT molecular complexity index is 627. The number of nitrogen functional groups attached to an aromatic ring is 1. The Balaban J connectivity index is 2.27. The number of hydrazine groups is 1. The summed E-state index contributed by atoms with van der Waals surface area (Å²) in [7, 11) is 1.83. The highest BCUT2D eigenvalue weighted by atomic mass is 16.1. The lowest BCUT2D eigenvalue weighted by Crippen LogP contribution is -2.16. The molecule has 4 N–H and O–H groups in total. The predicted octanol–water partition coefficient (Wildman–Crippen LogP) is 1.48. The first kappa shape index (κ1) is 15.0. The van der Waals surface area contributed by atoms with Crippen molar-refractivity contribution in [2.75, 3.05) is 10.7 Å². The second-order valence-electron chi connectivity index (χ2n) is 4.70. The summed E-state index contributed by atoms with van der Waals surface area (Å²) in [5.41, 5.74) is 5.38. The third-order valence-electron chi connectivity index (χ3n) is 3.14. The molecule has 0 aliphatic rings. The fourth-order valence-corrected chi connectivity index (χ4v) is 2.07. The minimum atomic E-state index is -0.202. The van der Waals surface area contributed by atoms with Crippen LogP contribution in [0.5, 0.6) is 0 Å². The van der Waals surface area contributed by atoms with E-state index in [4.69, 9.17) is 5.84 Å². The third kappa shape index (κ3) is 3.38. The summed E-state index contributed by atoms with van der Waals surface area (Å²) < 4.78 is 1.69. The number of hydrogen-bond acceptors (Lipinski definition) is 5. The van der Waals surface area contributed by atoms with Crippen molar-refractivity contribution >= 4 is 17.4 Å². The quantitative estimate of drug-likeness (QED) is 0.572. The monoisotopic (exact) mass is 288 g/mol. The third-order valence-corrected chi connectivity index (χ3v) is 3.14. The number of pyridine rings is 1. The molecule has 0 aliphatic carbocycles. The number of nitrogens with zero attached hydrogens (tertiary/aromatic N) is 3. The molecule has 0 aromatic carbocycles. The van der Waals surface area contributed by atoms with Crippen molar-refractivity contribution in [3.63, 3.8) is 0 Å². The average Bonchev–Trinajstić information content (AvgIpc) is 2.86. The Labute approximate surface area is 123 Å². The van der Waals surface area contributed by atoms with Gasteiger partial charge >= 0.3 is 0 Å². The van der Waals surface area contributed by atoms with Crippen molar-refractivity contribution in [2.45, 2.75) is 26.7 Å². The molecule has 21 heavy (non-hydrogen) atoms. The molecule has 0 saturated carbocycles. The standard InChI is InChI=1S/C14H20N6O/c1-4-10-6-9(7-13(16-10)18-15)14(21)17-12-8-20(3)19-11(12)5-2/h6-8H,4-5,15H2,1-3H3,(H,16,18)(H,17,21). The first-order chi connectivity index (χ1) is 10.1. The maximum absolute atomic E-state index is 12.4. The van der Waals surface area contributed by atoms with Gasteiger partial charge in [0.25, 0.3) is 5.91 Å². The highest BCUT2D eigenvalue weighted by Crippen LogP contribution is 2.17. The van der Waals surface area contributed by atoms with Gasteiger partial charge in [0.1, 0.15) is 5.82 Å². The lowest BCUT2D eigenvalue weighted by molar-refractivity contribution is 0.102. The maximum Gasteiger partial charge on any atom is 0.255 e. The molecule has 0 saturated heterocycles. The number of aryl methyl sites for hydroxylation is 3. The van der Waals surface area contributed by atoms with E-state index in [1.54, 1.807) is 23.0 Å².